The van der Waals surface area contributed by atoms with E-state index in [-0.39, 0.29) is 5.75 Å². The number of rotatable bonds is 5. The van der Waals surface area contributed by atoms with Crippen LogP contribution >= 0.6 is 7.75 Å². The van der Waals surface area contributed by atoms with Gasteiger partial charge in [-0.15, -0.1) is 0 Å². The zero-order valence-corrected chi connectivity index (χ0v) is 10.7. The number of aliphatic carboxylic acids is 1. The van der Waals surface area contributed by atoms with Crippen LogP contribution in [0.1, 0.15) is 0 Å². The smallest absolute Gasteiger partial charge is 0.456 e. The minimum Gasteiger partial charge on any atom is -0.480 e. The normalized spacial score (nSPS) is 13.9. The zero-order valence-electron chi connectivity index (χ0n) is 9.81. The number of benzene rings is 2. The van der Waals surface area contributed by atoms with E-state index in [1.54, 1.807) is 24.3 Å². The van der Waals surface area contributed by atoms with Crippen molar-refractivity contribution >= 4 is 24.5 Å². The van der Waals surface area contributed by atoms with Gasteiger partial charge in [-0.25, -0.2) is 9.65 Å². The van der Waals surface area contributed by atoms with Crippen LogP contribution in [0, 0.1) is 0 Å². The Morgan fingerprint density at radius 3 is 2.63 bits per heavy atom. The predicted octanol–water partition coefficient (Wildman–Crippen LogP) is 1.99. The Labute approximate surface area is 109 Å². The van der Waals surface area contributed by atoms with Gasteiger partial charge in [0, 0.05) is 5.39 Å². The van der Waals surface area contributed by atoms with E-state index in [9.17, 15) is 14.3 Å². The van der Waals surface area contributed by atoms with Crippen molar-refractivity contribution in [2.75, 3.05) is 6.54 Å². The largest absolute Gasteiger partial charge is 0.480 e. The Kier molecular flexibility index (Phi) is 3.85. The van der Waals surface area contributed by atoms with Crippen molar-refractivity contribution in [3.05, 3.63) is 42.5 Å². The summed E-state index contributed by atoms with van der Waals surface area (Å²) in [4.78, 5) is 19.9. The summed E-state index contributed by atoms with van der Waals surface area (Å²) in [5.41, 5.74) is 0. The van der Waals surface area contributed by atoms with Crippen LogP contribution in [0.4, 0.5) is 0 Å². The highest BCUT2D eigenvalue weighted by atomic mass is 31.2. The molecule has 100 valence electrons. The molecule has 0 saturated heterocycles. The van der Waals surface area contributed by atoms with Gasteiger partial charge in [-0.3, -0.25) is 4.79 Å². The van der Waals surface area contributed by atoms with E-state index in [4.69, 9.17) is 9.63 Å². The fraction of sp³-hybridized carbons (Fsp3) is 0.0833. The van der Waals surface area contributed by atoms with Crippen molar-refractivity contribution in [3.8, 4) is 5.75 Å². The molecule has 3 N–H and O–H groups in total. The molecule has 1 atom stereocenters. The fourth-order valence-corrected chi connectivity index (χ4v) is 2.43. The molecular formula is C12H12NO5P. The first kappa shape index (κ1) is 13.5. The van der Waals surface area contributed by atoms with E-state index in [1.807, 2.05) is 23.3 Å². The summed E-state index contributed by atoms with van der Waals surface area (Å²) in [6, 6.07) is 12.3. The van der Waals surface area contributed by atoms with Crippen molar-refractivity contribution in [3.63, 3.8) is 0 Å². The molecule has 0 spiro atoms. The van der Waals surface area contributed by atoms with Crippen molar-refractivity contribution in [1.82, 2.24) is 5.09 Å². The first-order chi connectivity index (χ1) is 8.98. The summed E-state index contributed by atoms with van der Waals surface area (Å²) in [5, 5.41) is 12.0. The lowest BCUT2D eigenvalue weighted by molar-refractivity contribution is -0.135. The van der Waals surface area contributed by atoms with Crippen LogP contribution in [0.3, 0.4) is 0 Å². The maximum atomic E-state index is 11.7. The second-order valence-electron chi connectivity index (χ2n) is 3.82. The predicted molar refractivity (Wildman–Crippen MR) is 70.0 cm³/mol. The zero-order chi connectivity index (χ0) is 13.9. The Hall–Kier alpha value is -1.88. The van der Waals surface area contributed by atoms with Gasteiger partial charge in [0.2, 0.25) is 0 Å². The summed E-state index contributed by atoms with van der Waals surface area (Å²) >= 11 is 0. The average Bonchev–Trinajstić information content (AvgIpc) is 2.37. The van der Waals surface area contributed by atoms with Crippen LogP contribution in [0.5, 0.6) is 5.75 Å². The fourth-order valence-electron chi connectivity index (χ4n) is 1.61. The molecular weight excluding hydrogens is 269 g/mol. The third-order valence-electron chi connectivity index (χ3n) is 2.40. The first-order valence-corrected chi connectivity index (χ1v) is 7.03. The number of carbonyl (C=O) groups is 1. The molecule has 0 aliphatic heterocycles. The molecule has 0 saturated carbocycles. The summed E-state index contributed by atoms with van der Waals surface area (Å²) in [7, 11) is -4.20. The molecule has 6 nitrogen and oxygen atoms in total. The third-order valence-corrected chi connectivity index (χ3v) is 3.40. The monoisotopic (exact) mass is 281 g/mol. The maximum Gasteiger partial charge on any atom is 0.456 e. The highest BCUT2D eigenvalue weighted by Crippen LogP contribution is 2.40. The second-order valence-corrected chi connectivity index (χ2v) is 5.36. The number of hydrogen-bond donors (Lipinski definition) is 3. The lowest BCUT2D eigenvalue weighted by Crippen LogP contribution is -2.21. The number of hydrogen-bond acceptors (Lipinski definition) is 3. The Balaban J connectivity index is 2.26. The molecule has 0 amide bonds. The molecule has 0 radical (unpaired) electrons. The Morgan fingerprint density at radius 1 is 1.21 bits per heavy atom. The van der Waals surface area contributed by atoms with Crippen LogP contribution in [-0.2, 0) is 9.36 Å². The lowest BCUT2D eigenvalue weighted by Gasteiger charge is -2.14. The standard InChI is InChI=1S/C12H12NO5P/c14-12(15)8-13-19(16,17)18-11-7-3-5-9-4-1-2-6-10(9)11/h1-7H,8H2,(H,14,15)(H2,13,16,17). The van der Waals surface area contributed by atoms with Gasteiger partial charge in [0.05, 0.1) is 0 Å². The van der Waals surface area contributed by atoms with Crippen molar-refractivity contribution in [2.45, 2.75) is 0 Å². The Bertz CT molecular complexity index is 652. The third kappa shape index (κ3) is 3.54. The van der Waals surface area contributed by atoms with Crippen molar-refractivity contribution in [2.24, 2.45) is 0 Å². The highest BCUT2D eigenvalue weighted by Gasteiger charge is 2.22. The molecule has 0 aromatic heterocycles. The number of carboxylic acids is 1. The van der Waals surface area contributed by atoms with Gasteiger partial charge in [-0.2, -0.15) is 0 Å². The van der Waals surface area contributed by atoms with E-state index < -0.39 is 20.3 Å². The quantitative estimate of drug-likeness (QED) is 0.725. The van der Waals surface area contributed by atoms with Crippen LogP contribution < -0.4 is 9.61 Å². The van der Waals surface area contributed by atoms with Gasteiger partial charge in [0.25, 0.3) is 0 Å². The molecule has 2 aromatic rings. The van der Waals surface area contributed by atoms with Crippen molar-refractivity contribution in [1.29, 1.82) is 0 Å². The van der Waals surface area contributed by atoms with Crippen molar-refractivity contribution < 1.29 is 23.9 Å². The molecule has 0 heterocycles. The summed E-state index contributed by atoms with van der Waals surface area (Å²) < 4.78 is 16.7. The van der Waals surface area contributed by atoms with Gasteiger partial charge in [-0.1, -0.05) is 36.4 Å². The van der Waals surface area contributed by atoms with Gasteiger partial charge < -0.3 is 14.5 Å². The van der Waals surface area contributed by atoms with E-state index >= 15 is 0 Å². The molecule has 7 heteroatoms. The molecule has 0 aliphatic carbocycles. The molecule has 0 fully saturated rings. The van der Waals surface area contributed by atoms with Gasteiger partial charge in [0.1, 0.15) is 12.3 Å². The lowest BCUT2D eigenvalue weighted by atomic mass is 10.1. The van der Waals surface area contributed by atoms with E-state index in [0.717, 1.165) is 5.39 Å². The van der Waals surface area contributed by atoms with Crippen LogP contribution in [0.2, 0.25) is 0 Å². The average molecular weight is 281 g/mol. The Morgan fingerprint density at radius 2 is 1.89 bits per heavy atom. The second kappa shape index (κ2) is 5.40. The minimum absolute atomic E-state index is 0.224. The highest BCUT2D eigenvalue weighted by molar-refractivity contribution is 7.51. The summed E-state index contributed by atoms with van der Waals surface area (Å²) in [5.74, 6) is -1.02. The number of nitrogens with one attached hydrogen (secondary N) is 1. The molecule has 2 rings (SSSR count). The molecule has 1 unspecified atom stereocenters. The molecule has 2 aromatic carbocycles. The van der Waals surface area contributed by atoms with Gasteiger partial charge in [0.15, 0.2) is 0 Å². The maximum absolute atomic E-state index is 11.7. The van der Waals surface area contributed by atoms with E-state index in [0.29, 0.717) is 5.39 Å². The minimum atomic E-state index is -4.20. The van der Waals surface area contributed by atoms with Crippen LogP contribution in [-0.4, -0.2) is 22.5 Å². The number of carboxylic acid groups (broad SMARTS) is 1. The molecule has 0 aliphatic rings. The van der Waals surface area contributed by atoms with Crippen LogP contribution in [0.25, 0.3) is 10.8 Å². The molecule has 19 heavy (non-hydrogen) atoms. The number of fused-ring (bicyclic) bond motifs is 1. The van der Waals surface area contributed by atoms with Gasteiger partial charge >= 0.3 is 13.7 Å². The van der Waals surface area contributed by atoms with E-state index in [2.05, 4.69) is 0 Å². The molecule has 0 bridgehead atoms. The summed E-state index contributed by atoms with van der Waals surface area (Å²) in [6.45, 7) is -0.654. The van der Waals surface area contributed by atoms with E-state index in [1.165, 1.54) is 0 Å². The SMILES string of the molecule is O=C(O)CNP(=O)(O)Oc1cccc2ccccc12. The van der Waals surface area contributed by atoms with Crippen LogP contribution in [0.15, 0.2) is 42.5 Å². The topological polar surface area (TPSA) is 95.9 Å². The van der Waals surface area contributed by atoms with Gasteiger partial charge in [-0.05, 0) is 11.5 Å². The summed E-state index contributed by atoms with van der Waals surface area (Å²) in [6.07, 6.45) is 0. The first-order valence-electron chi connectivity index (χ1n) is 5.45.